The summed E-state index contributed by atoms with van der Waals surface area (Å²) < 4.78 is 6.94. The molecule has 0 aromatic carbocycles. The number of nitrogens with zero attached hydrogens (tertiary/aromatic N) is 3. The maximum absolute atomic E-state index is 11.6. The first-order valence-corrected chi connectivity index (χ1v) is 7.19. The fourth-order valence-corrected chi connectivity index (χ4v) is 2.47. The minimum absolute atomic E-state index is 0.213. The molecule has 0 aliphatic heterocycles. The molecule has 0 aliphatic rings. The zero-order chi connectivity index (χ0) is 14.5. The zero-order valence-corrected chi connectivity index (χ0v) is 12.2. The molecule has 3 N–H and O–H groups in total. The van der Waals surface area contributed by atoms with Crippen LogP contribution in [0.25, 0.3) is 0 Å². The van der Waals surface area contributed by atoms with Gasteiger partial charge in [-0.05, 0) is 37.2 Å². The molecule has 0 atom stereocenters. The maximum Gasteiger partial charge on any atom is 0.343 e. The first-order valence-electron chi connectivity index (χ1n) is 6.38. The Morgan fingerprint density at radius 3 is 2.95 bits per heavy atom. The molecule has 0 radical (unpaired) electrons. The van der Waals surface area contributed by atoms with Crippen LogP contribution in [0.5, 0.6) is 5.88 Å². The lowest BCUT2D eigenvalue weighted by atomic mass is 10.4. The van der Waals surface area contributed by atoms with Gasteiger partial charge in [-0.15, -0.1) is 5.10 Å². The Kier molecular flexibility index (Phi) is 4.67. The summed E-state index contributed by atoms with van der Waals surface area (Å²) in [5, 5.41) is 7.71. The second kappa shape index (κ2) is 6.47. The van der Waals surface area contributed by atoms with Crippen molar-refractivity contribution in [3.63, 3.8) is 0 Å². The average molecular weight is 295 g/mol. The summed E-state index contributed by atoms with van der Waals surface area (Å²) in [6, 6.07) is 3.51. The number of aromatic nitrogens is 4. The fraction of sp³-hybridized carbons (Fsp3) is 0.417. The molecule has 2 rings (SSSR count). The van der Waals surface area contributed by atoms with Crippen LogP contribution in [-0.4, -0.2) is 26.4 Å². The fourth-order valence-electron chi connectivity index (χ4n) is 1.64. The van der Waals surface area contributed by atoms with Gasteiger partial charge in [-0.1, -0.05) is 6.92 Å². The summed E-state index contributed by atoms with van der Waals surface area (Å²) in [5.74, 6) is 0.400. The van der Waals surface area contributed by atoms with E-state index in [0.717, 1.165) is 6.42 Å². The molecule has 2 aromatic rings. The molecule has 0 aliphatic carbocycles. The largest absolute Gasteiger partial charge is 0.476 e. The van der Waals surface area contributed by atoms with Gasteiger partial charge >= 0.3 is 5.69 Å². The number of nitrogens with one attached hydrogen (secondary N) is 1. The molecule has 0 saturated heterocycles. The lowest BCUT2D eigenvalue weighted by Gasteiger charge is -2.07. The highest BCUT2D eigenvalue weighted by molar-refractivity contribution is 7.99. The van der Waals surface area contributed by atoms with Crippen LogP contribution in [0.3, 0.4) is 0 Å². The quantitative estimate of drug-likeness (QED) is 0.838. The molecule has 7 nitrogen and oxygen atoms in total. The van der Waals surface area contributed by atoms with E-state index in [2.05, 4.69) is 15.2 Å². The molecule has 0 spiro atoms. The SMILES string of the molecule is CCCn1c(Sc2ccc(N)c(OCC)n2)n[nH]c1=O. The Hall–Kier alpha value is -1.96. The molecule has 8 heteroatoms. The van der Waals surface area contributed by atoms with Crippen LogP contribution in [0.2, 0.25) is 0 Å². The highest BCUT2D eigenvalue weighted by Gasteiger charge is 2.11. The number of rotatable bonds is 6. The maximum atomic E-state index is 11.6. The molecule has 2 heterocycles. The van der Waals surface area contributed by atoms with Crippen molar-refractivity contribution in [2.24, 2.45) is 0 Å². The second-order valence-corrected chi connectivity index (χ2v) is 5.03. The van der Waals surface area contributed by atoms with Crippen LogP contribution in [-0.2, 0) is 6.54 Å². The van der Waals surface area contributed by atoms with Crippen molar-refractivity contribution in [3.8, 4) is 5.88 Å². The molecular formula is C12H17N5O2S. The van der Waals surface area contributed by atoms with Gasteiger partial charge in [0.05, 0.1) is 12.3 Å². The standard InChI is InChI=1S/C12H17N5O2S/c1-3-7-17-11(18)15-16-12(17)20-9-6-5-8(13)10(14-9)19-4-2/h5-6H,3-4,7,13H2,1-2H3,(H,15,18). The van der Waals surface area contributed by atoms with Crippen molar-refractivity contribution < 1.29 is 4.74 Å². The van der Waals surface area contributed by atoms with E-state index in [1.54, 1.807) is 16.7 Å². The number of pyridine rings is 1. The summed E-state index contributed by atoms with van der Waals surface area (Å²) in [7, 11) is 0. The monoisotopic (exact) mass is 295 g/mol. The predicted octanol–water partition coefficient (Wildman–Crippen LogP) is 1.51. The van der Waals surface area contributed by atoms with Crippen molar-refractivity contribution in [2.75, 3.05) is 12.3 Å². The average Bonchev–Trinajstić information content (AvgIpc) is 2.76. The molecule has 0 saturated carbocycles. The Balaban J connectivity index is 2.26. The smallest absolute Gasteiger partial charge is 0.343 e. The number of nitrogens with two attached hydrogens (primary N) is 1. The van der Waals surface area contributed by atoms with Gasteiger partial charge in [0.25, 0.3) is 0 Å². The van der Waals surface area contributed by atoms with Crippen molar-refractivity contribution in [2.45, 2.75) is 37.0 Å². The number of aromatic amines is 1. The summed E-state index contributed by atoms with van der Waals surface area (Å²) >= 11 is 1.30. The van der Waals surface area contributed by atoms with Gasteiger partial charge in [-0.2, -0.15) is 0 Å². The van der Waals surface area contributed by atoms with Gasteiger partial charge in [-0.25, -0.2) is 14.9 Å². The number of hydrogen-bond donors (Lipinski definition) is 2. The Morgan fingerprint density at radius 1 is 1.45 bits per heavy atom. The zero-order valence-electron chi connectivity index (χ0n) is 11.4. The van der Waals surface area contributed by atoms with E-state index >= 15 is 0 Å². The van der Waals surface area contributed by atoms with Crippen molar-refractivity contribution in [3.05, 3.63) is 22.6 Å². The first-order chi connectivity index (χ1) is 9.65. The lowest BCUT2D eigenvalue weighted by Crippen LogP contribution is -2.17. The topological polar surface area (TPSA) is 98.8 Å². The highest BCUT2D eigenvalue weighted by atomic mass is 32.2. The van der Waals surface area contributed by atoms with Crippen molar-refractivity contribution in [1.82, 2.24) is 19.7 Å². The minimum atomic E-state index is -0.213. The van der Waals surface area contributed by atoms with Gasteiger partial charge in [-0.3, -0.25) is 4.57 Å². The summed E-state index contributed by atoms with van der Waals surface area (Å²) in [6.45, 7) is 4.98. The van der Waals surface area contributed by atoms with Crippen molar-refractivity contribution in [1.29, 1.82) is 0 Å². The lowest BCUT2D eigenvalue weighted by molar-refractivity contribution is 0.326. The van der Waals surface area contributed by atoms with Gasteiger partial charge in [0.15, 0.2) is 5.16 Å². The number of ether oxygens (including phenoxy) is 1. The Labute approximate surface area is 120 Å². The van der Waals surface area contributed by atoms with Crippen LogP contribution in [0, 0.1) is 0 Å². The number of anilines is 1. The van der Waals surface area contributed by atoms with Crippen LogP contribution in [0.4, 0.5) is 5.69 Å². The van der Waals surface area contributed by atoms with E-state index in [0.29, 0.717) is 34.9 Å². The molecule has 0 bridgehead atoms. The molecular weight excluding hydrogens is 278 g/mol. The van der Waals surface area contributed by atoms with E-state index in [4.69, 9.17) is 10.5 Å². The molecule has 108 valence electrons. The van der Waals surface area contributed by atoms with Crippen LogP contribution < -0.4 is 16.2 Å². The van der Waals surface area contributed by atoms with Crippen LogP contribution in [0.15, 0.2) is 27.1 Å². The molecule has 20 heavy (non-hydrogen) atoms. The second-order valence-electron chi connectivity index (χ2n) is 4.04. The summed E-state index contributed by atoms with van der Waals surface area (Å²) in [6.07, 6.45) is 0.854. The third-order valence-corrected chi connectivity index (χ3v) is 3.44. The number of hydrogen-bond acceptors (Lipinski definition) is 6. The van der Waals surface area contributed by atoms with Crippen molar-refractivity contribution >= 4 is 17.4 Å². The van der Waals surface area contributed by atoms with Gasteiger partial charge < -0.3 is 10.5 Å². The molecule has 0 amide bonds. The highest BCUT2D eigenvalue weighted by Crippen LogP contribution is 2.28. The van der Waals surface area contributed by atoms with Gasteiger partial charge in [0.1, 0.15) is 5.03 Å². The van der Waals surface area contributed by atoms with E-state index in [-0.39, 0.29) is 5.69 Å². The van der Waals surface area contributed by atoms with E-state index in [9.17, 15) is 4.79 Å². The van der Waals surface area contributed by atoms with Gasteiger partial charge in [0, 0.05) is 6.54 Å². The van der Waals surface area contributed by atoms with E-state index in [1.807, 2.05) is 13.8 Å². The Bertz CT molecular complexity index is 637. The third-order valence-electron chi connectivity index (χ3n) is 2.51. The summed E-state index contributed by atoms with van der Waals surface area (Å²) in [4.78, 5) is 15.9. The van der Waals surface area contributed by atoms with Gasteiger partial charge in [0.2, 0.25) is 5.88 Å². The number of nitrogen functional groups attached to an aromatic ring is 1. The molecule has 0 fully saturated rings. The first kappa shape index (κ1) is 14.4. The van der Waals surface area contributed by atoms with Crippen LogP contribution in [0.1, 0.15) is 20.3 Å². The molecule has 0 unspecified atom stereocenters. The minimum Gasteiger partial charge on any atom is -0.476 e. The van der Waals surface area contributed by atoms with E-state index < -0.39 is 0 Å². The predicted molar refractivity (Wildman–Crippen MR) is 77.1 cm³/mol. The summed E-state index contributed by atoms with van der Waals surface area (Å²) in [5.41, 5.74) is 6.05. The number of H-pyrrole nitrogens is 1. The normalized spacial score (nSPS) is 10.7. The third kappa shape index (κ3) is 3.13. The Morgan fingerprint density at radius 2 is 2.25 bits per heavy atom. The van der Waals surface area contributed by atoms with E-state index in [1.165, 1.54) is 11.8 Å². The van der Waals surface area contributed by atoms with Crippen LogP contribution >= 0.6 is 11.8 Å². The molecule has 2 aromatic heterocycles.